The maximum Gasteiger partial charge on any atom is 0.352 e. The summed E-state index contributed by atoms with van der Waals surface area (Å²) >= 11 is 7.43. The van der Waals surface area contributed by atoms with Gasteiger partial charge in [0, 0.05) is 22.8 Å². The van der Waals surface area contributed by atoms with Gasteiger partial charge in [0.1, 0.15) is 5.69 Å². The summed E-state index contributed by atoms with van der Waals surface area (Å²) in [6.07, 6.45) is 1.68. The van der Waals surface area contributed by atoms with Gasteiger partial charge < -0.3 is 15.4 Å². The van der Waals surface area contributed by atoms with Crippen molar-refractivity contribution in [2.45, 2.75) is 0 Å². The molecule has 0 bridgehead atoms. The van der Waals surface area contributed by atoms with Crippen LogP contribution < -0.4 is 5.32 Å². The number of nitrogens with zero attached hydrogens (tertiary/aromatic N) is 2. The number of rotatable bonds is 4. The number of anilines is 2. The highest BCUT2D eigenvalue weighted by Gasteiger charge is 2.09. The summed E-state index contributed by atoms with van der Waals surface area (Å²) in [6.45, 7) is 0. The van der Waals surface area contributed by atoms with Crippen molar-refractivity contribution in [2.75, 3.05) is 5.32 Å². The van der Waals surface area contributed by atoms with Crippen molar-refractivity contribution in [3.05, 3.63) is 58.7 Å². The second-order valence-electron chi connectivity index (χ2n) is 5.28. The molecule has 3 heterocycles. The first kappa shape index (κ1) is 15.6. The second-order valence-corrected chi connectivity index (χ2v) is 7.00. The van der Waals surface area contributed by atoms with E-state index < -0.39 is 5.97 Å². The van der Waals surface area contributed by atoms with Crippen LogP contribution in [0, 0.1) is 0 Å². The molecule has 0 aliphatic rings. The Morgan fingerprint density at radius 3 is 2.84 bits per heavy atom. The molecule has 0 saturated heterocycles. The minimum absolute atomic E-state index is 0.153. The van der Waals surface area contributed by atoms with E-state index in [4.69, 9.17) is 16.7 Å². The smallest absolute Gasteiger partial charge is 0.352 e. The van der Waals surface area contributed by atoms with Crippen LogP contribution in [0.1, 0.15) is 10.5 Å². The van der Waals surface area contributed by atoms with Gasteiger partial charge in [-0.15, -0.1) is 11.3 Å². The van der Waals surface area contributed by atoms with Crippen LogP contribution in [-0.2, 0) is 0 Å². The summed E-state index contributed by atoms with van der Waals surface area (Å²) in [5.74, 6) is -0.535. The second kappa shape index (κ2) is 6.19. The van der Waals surface area contributed by atoms with E-state index in [0.717, 1.165) is 27.2 Å². The molecular formula is C17H11ClN4O2S. The van der Waals surface area contributed by atoms with Gasteiger partial charge in [-0.3, -0.25) is 0 Å². The Balaban J connectivity index is 1.63. The van der Waals surface area contributed by atoms with Crippen LogP contribution in [0.4, 0.5) is 11.6 Å². The van der Waals surface area contributed by atoms with Gasteiger partial charge in [-0.05, 0) is 42.5 Å². The van der Waals surface area contributed by atoms with E-state index in [9.17, 15) is 4.79 Å². The Kier molecular flexibility index (Phi) is 3.87. The van der Waals surface area contributed by atoms with E-state index in [-0.39, 0.29) is 5.69 Å². The number of carbonyl (C=O) groups is 1. The van der Waals surface area contributed by atoms with Crippen molar-refractivity contribution in [3.63, 3.8) is 0 Å². The van der Waals surface area contributed by atoms with Crippen molar-refractivity contribution in [1.82, 2.24) is 15.0 Å². The number of benzene rings is 1. The highest BCUT2D eigenvalue weighted by atomic mass is 35.5. The Morgan fingerprint density at radius 1 is 1.20 bits per heavy atom. The number of carboxylic acids is 1. The number of carboxylic acid groups (broad SMARTS) is 1. The normalized spacial score (nSPS) is 10.9. The van der Waals surface area contributed by atoms with E-state index in [2.05, 4.69) is 20.3 Å². The molecule has 0 spiro atoms. The van der Waals surface area contributed by atoms with Gasteiger partial charge in [0.05, 0.1) is 14.9 Å². The number of aromatic nitrogens is 3. The third-order valence-corrected chi connectivity index (χ3v) is 4.84. The zero-order chi connectivity index (χ0) is 17.4. The van der Waals surface area contributed by atoms with Gasteiger partial charge in [-0.1, -0.05) is 11.6 Å². The number of H-pyrrole nitrogens is 1. The number of fused-ring (bicyclic) bond motifs is 1. The lowest BCUT2D eigenvalue weighted by molar-refractivity contribution is 0.0691. The number of aromatic amines is 1. The molecule has 6 nitrogen and oxygen atoms in total. The minimum atomic E-state index is -0.989. The predicted molar refractivity (Wildman–Crippen MR) is 98.9 cm³/mol. The van der Waals surface area contributed by atoms with Gasteiger partial charge in [-0.25, -0.2) is 14.8 Å². The fourth-order valence-corrected chi connectivity index (χ4v) is 3.48. The molecule has 25 heavy (non-hydrogen) atoms. The lowest BCUT2D eigenvalue weighted by Gasteiger charge is -2.06. The topological polar surface area (TPSA) is 90.9 Å². The number of thiophene rings is 1. The first-order chi connectivity index (χ1) is 12.1. The highest BCUT2D eigenvalue weighted by molar-refractivity contribution is 7.19. The molecule has 0 aliphatic heterocycles. The SMILES string of the molecule is O=C(O)c1cc2cc(Nc3nccc(-c4ccc(Cl)s4)n3)ccc2[nH]1. The van der Waals surface area contributed by atoms with Crippen LogP contribution in [0.3, 0.4) is 0 Å². The maximum atomic E-state index is 11.0. The summed E-state index contributed by atoms with van der Waals surface area (Å²) < 4.78 is 0.704. The van der Waals surface area contributed by atoms with E-state index >= 15 is 0 Å². The van der Waals surface area contributed by atoms with Crippen LogP contribution in [0.25, 0.3) is 21.5 Å². The molecule has 0 atom stereocenters. The molecular weight excluding hydrogens is 360 g/mol. The molecule has 8 heteroatoms. The van der Waals surface area contributed by atoms with Gasteiger partial charge >= 0.3 is 5.97 Å². The molecule has 0 amide bonds. The molecule has 0 saturated carbocycles. The minimum Gasteiger partial charge on any atom is -0.477 e. The molecule has 0 radical (unpaired) electrons. The molecule has 0 aliphatic carbocycles. The average Bonchev–Trinajstić information content (AvgIpc) is 3.21. The Morgan fingerprint density at radius 2 is 2.08 bits per heavy atom. The third kappa shape index (κ3) is 3.19. The molecule has 3 aromatic heterocycles. The largest absolute Gasteiger partial charge is 0.477 e. The van der Waals surface area contributed by atoms with E-state index in [1.807, 2.05) is 36.4 Å². The number of hydrogen-bond donors (Lipinski definition) is 3. The van der Waals surface area contributed by atoms with Gasteiger partial charge in [0.15, 0.2) is 0 Å². The molecule has 4 aromatic rings. The van der Waals surface area contributed by atoms with Gasteiger partial charge in [0.2, 0.25) is 5.95 Å². The third-order valence-electron chi connectivity index (χ3n) is 3.59. The number of aromatic carboxylic acids is 1. The molecule has 0 fully saturated rings. The van der Waals surface area contributed by atoms with Crippen molar-refractivity contribution in [1.29, 1.82) is 0 Å². The monoisotopic (exact) mass is 370 g/mol. The summed E-state index contributed by atoms with van der Waals surface area (Å²) in [4.78, 5) is 23.6. The Bertz CT molecular complexity index is 1090. The van der Waals surface area contributed by atoms with Crippen LogP contribution >= 0.6 is 22.9 Å². The van der Waals surface area contributed by atoms with Crippen molar-refractivity contribution in [2.24, 2.45) is 0 Å². The lowest BCUT2D eigenvalue weighted by Crippen LogP contribution is -1.97. The fraction of sp³-hybridized carbons (Fsp3) is 0. The summed E-state index contributed by atoms with van der Waals surface area (Å²) in [7, 11) is 0. The molecule has 3 N–H and O–H groups in total. The van der Waals surface area contributed by atoms with Crippen LogP contribution in [0.2, 0.25) is 4.34 Å². The molecule has 124 valence electrons. The first-order valence-corrected chi connectivity index (χ1v) is 8.50. The summed E-state index contributed by atoms with van der Waals surface area (Å²) in [5, 5.41) is 13.0. The predicted octanol–water partition coefficient (Wildman–Crippen LogP) is 4.78. The standard InChI is InChI=1S/C17H11ClN4O2S/c18-15-4-3-14(25-15)12-5-6-19-17(22-12)20-10-1-2-11-9(7-10)8-13(21-11)16(23)24/h1-8,21H,(H,23,24)(H,19,20,22). The Hall–Kier alpha value is -2.90. The molecule has 1 aromatic carbocycles. The van der Waals surface area contributed by atoms with E-state index in [0.29, 0.717) is 10.3 Å². The number of nitrogens with one attached hydrogen (secondary N) is 2. The Labute approximate surface area is 151 Å². The number of hydrogen-bond acceptors (Lipinski definition) is 5. The maximum absolute atomic E-state index is 11.0. The van der Waals surface area contributed by atoms with E-state index in [1.54, 1.807) is 12.3 Å². The number of halogens is 1. The van der Waals surface area contributed by atoms with Crippen LogP contribution in [-0.4, -0.2) is 26.0 Å². The van der Waals surface area contributed by atoms with Gasteiger partial charge in [0.25, 0.3) is 0 Å². The van der Waals surface area contributed by atoms with Crippen LogP contribution in [0.15, 0.2) is 48.7 Å². The molecule has 0 unspecified atom stereocenters. The summed E-state index contributed by atoms with van der Waals surface area (Å²) in [6, 6.07) is 12.6. The highest BCUT2D eigenvalue weighted by Crippen LogP contribution is 2.30. The lowest BCUT2D eigenvalue weighted by atomic mass is 10.2. The van der Waals surface area contributed by atoms with E-state index in [1.165, 1.54) is 11.3 Å². The van der Waals surface area contributed by atoms with Crippen LogP contribution in [0.5, 0.6) is 0 Å². The quantitative estimate of drug-likeness (QED) is 0.480. The van der Waals surface area contributed by atoms with Crippen molar-refractivity contribution < 1.29 is 9.90 Å². The zero-order valence-electron chi connectivity index (χ0n) is 12.7. The molecule has 4 rings (SSSR count). The van der Waals surface area contributed by atoms with Crippen molar-refractivity contribution in [3.8, 4) is 10.6 Å². The average molecular weight is 371 g/mol. The first-order valence-electron chi connectivity index (χ1n) is 7.30. The van der Waals surface area contributed by atoms with Gasteiger partial charge in [-0.2, -0.15) is 0 Å². The zero-order valence-corrected chi connectivity index (χ0v) is 14.2. The fourth-order valence-electron chi connectivity index (χ4n) is 2.46. The van der Waals surface area contributed by atoms with Crippen molar-refractivity contribution >= 4 is 51.4 Å². The summed E-state index contributed by atoms with van der Waals surface area (Å²) in [5.41, 5.74) is 2.46.